The van der Waals surface area contributed by atoms with Crippen LogP contribution in [-0.4, -0.2) is 273 Å². The van der Waals surface area contributed by atoms with E-state index >= 15 is 0 Å². The number of H-pyrrole nitrogens is 1. The molecule has 3 amide bonds. The second-order valence-electron chi connectivity index (χ2n) is 37.0. The minimum absolute atomic E-state index is 0.0485. The van der Waals surface area contributed by atoms with Gasteiger partial charge in [0.15, 0.2) is 0 Å². The number of pyridine rings is 1. The number of likely N-dealkylation sites (tertiary alicyclic amines) is 1. The van der Waals surface area contributed by atoms with Crippen molar-refractivity contribution in [1.29, 1.82) is 0 Å². The normalized spacial score (nSPS) is 17.0. The smallest absolute Gasteiger partial charge is 0.253 e. The molecule has 32 heteroatoms. The van der Waals surface area contributed by atoms with E-state index in [0.717, 1.165) is 192 Å². The summed E-state index contributed by atoms with van der Waals surface area (Å²) < 4.78 is 85.0. The van der Waals surface area contributed by atoms with Crippen LogP contribution in [0.4, 0.5) is 35.9 Å². The Morgan fingerprint density at radius 3 is 1.40 bits per heavy atom. The monoisotopic (exact) mass is 2030 g/mol. The van der Waals surface area contributed by atoms with Gasteiger partial charge in [-0.2, -0.15) is 5.10 Å². The van der Waals surface area contributed by atoms with Gasteiger partial charge in [-0.3, -0.25) is 24.4 Å². The fourth-order valence-electron chi connectivity index (χ4n) is 18.0. The van der Waals surface area contributed by atoms with Crippen molar-refractivity contribution in [3.05, 3.63) is 335 Å². The number of ether oxygens (including phenoxy) is 7. The molecule has 0 spiro atoms. The van der Waals surface area contributed by atoms with Crippen molar-refractivity contribution in [2.45, 2.75) is 116 Å². The van der Waals surface area contributed by atoms with E-state index < -0.39 is 6.10 Å². The van der Waals surface area contributed by atoms with Crippen LogP contribution in [0.3, 0.4) is 0 Å². The number of nitrogens with zero attached hydrogens (tertiary/aromatic N) is 13. The number of rotatable bonds is 34. The van der Waals surface area contributed by atoms with Gasteiger partial charge in [0.25, 0.3) is 17.7 Å². The molecular formula is C117H135F3N18O11. The molecule has 5 aliphatic rings. The second kappa shape index (κ2) is 58.1. The molecule has 29 nitrogen and oxygen atoms in total. The first-order valence-electron chi connectivity index (χ1n) is 51.1. The van der Waals surface area contributed by atoms with Crippen LogP contribution in [0, 0.1) is 64.8 Å². The second-order valence-corrected chi connectivity index (χ2v) is 37.0. The minimum atomic E-state index is -0.509. The number of carbonyl (C=O) groups excluding carboxylic acids is 3. The van der Waals surface area contributed by atoms with Gasteiger partial charge in [-0.1, -0.05) is 60.0 Å². The molecule has 6 atom stereocenters. The third-order valence-corrected chi connectivity index (χ3v) is 25.6. The molecule has 5 aliphatic heterocycles. The van der Waals surface area contributed by atoms with Crippen LogP contribution < -0.4 is 46.0 Å². The number of nitrogens with one attached hydrogen (secondary N) is 4. The summed E-state index contributed by atoms with van der Waals surface area (Å²) in [5, 5.41) is 27.0. The lowest BCUT2D eigenvalue weighted by molar-refractivity contribution is -0.00549. The molecule has 0 aliphatic carbocycles. The molecule has 5 saturated heterocycles. The van der Waals surface area contributed by atoms with Gasteiger partial charge in [0.05, 0.1) is 138 Å². The lowest BCUT2D eigenvalue weighted by Crippen LogP contribution is -2.47. The van der Waals surface area contributed by atoms with Crippen LogP contribution in [0.15, 0.2) is 245 Å². The summed E-state index contributed by atoms with van der Waals surface area (Å²) in [6.07, 6.45) is 24.9. The Morgan fingerprint density at radius 1 is 0.483 bits per heavy atom. The molecule has 10 heterocycles. The average molecular weight is 2030 g/mol. The number of aromatic amines is 1. The van der Waals surface area contributed by atoms with Crippen molar-refractivity contribution in [1.82, 2.24) is 64.6 Å². The first kappa shape index (κ1) is 110. The molecular weight excluding hydrogens is 1890 g/mol. The number of aryl methyl sites for hydroxylation is 3. The summed E-state index contributed by atoms with van der Waals surface area (Å²) in [5.74, 6) is 25.0. The largest absolute Gasteiger partial charge is 0.481 e. The molecule has 780 valence electrons. The first-order chi connectivity index (χ1) is 72.7. The zero-order chi connectivity index (χ0) is 104. The number of aromatic nitrogens is 8. The summed E-state index contributed by atoms with van der Waals surface area (Å²) in [7, 11) is 1.60. The summed E-state index contributed by atoms with van der Waals surface area (Å²) in [6, 6.07) is 49.3. The van der Waals surface area contributed by atoms with E-state index in [0.29, 0.717) is 124 Å². The molecule has 7 aromatic carbocycles. The maximum atomic E-state index is 13.6. The van der Waals surface area contributed by atoms with Crippen molar-refractivity contribution in [3.8, 4) is 53.2 Å². The lowest BCUT2D eigenvalue weighted by atomic mass is 10.0. The zero-order valence-corrected chi connectivity index (χ0v) is 85.6. The molecule has 5 aromatic heterocycles. The Morgan fingerprint density at radius 2 is 0.926 bits per heavy atom. The molecule has 149 heavy (non-hydrogen) atoms. The van der Waals surface area contributed by atoms with Crippen LogP contribution in [-0.2, 0) is 47.9 Å². The van der Waals surface area contributed by atoms with Crippen molar-refractivity contribution in [2.75, 3.05) is 191 Å². The highest BCUT2D eigenvalue weighted by Gasteiger charge is 2.32. The van der Waals surface area contributed by atoms with Crippen LogP contribution in [0.5, 0.6) is 5.88 Å². The Balaban J connectivity index is 0.000000157. The van der Waals surface area contributed by atoms with Gasteiger partial charge in [0, 0.05) is 247 Å². The number of methoxy groups -OCH3 is 1. The van der Waals surface area contributed by atoms with E-state index in [1.54, 1.807) is 74.8 Å². The van der Waals surface area contributed by atoms with E-state index in [4.69, 9.17) is 38.9 Å². The molecule has 0 radical (unpaired) electrons. The zero-order valence-electron chi connectivity index (χ0n) is 85.6. The minimum Gasteiger partial charge on any atom is -0.481 e. The highest BCUT2D eigenvalue weighted by molar-refractivity contribution is 5.97. The number of anilines is 4. The number of morpholine rings is 3. The number of piperazine rings is 1. The predicted octanol–water partition coefficient (Wildman–Crippen LogP) is 13.9. The maximum absolute atomic E-state index is 13.6. The third-order valence-electron chi connectivity index (χ3n) is 25.6. The Hall–Kier alpha value is -14.8. The van der Waals surface area contributed by atoms with Gasteiger partial charge in [0.2, 0.25) is 5.88 Å². The van der Waals surface area contributed by atoms with Crippen LogP contribution in [0.2, 0.25) is 0 Å². The van der Waals surface area contributed by atoms with Gasteiger partial charge >= 0.3 is 0 Å². The summed E-state index contributed by atoms with van der Waals surface area (Å²) in [4.78, 5) is 65.1. The van der Waals surface area contributed by atoms with E-state index in [9.17, 15) is 32.7 Å². The fourth-order valence-corrected chi connectivity index (χ4v) is 18.0. The molecule has 17 rings (SSSR count). The standard InChI is InChI=1S/C33H43FN6O4.C31H34FN3O3.C27H29FN4O2.C26H29N5O2/c34-31-7-3-28(4-8-31)2-5-29-26-30(33(41)37-11-1-13-39-14-12-36-27-39)6-9-32(29)40-17-15-38(16-18-40)19-21-43-23-25-44-24-22-42-20-10-35;1-22-20-35(21-23(2)38-22)28-12-9-26(19-25(28)8-5-24-6-10-27(32)11-7-24)31(37)34-17-13-29(30(36)14-18-34)33-15-3-4-16-33;1-20-17-32(18-21(2)34-20)26-11-8-24(27(33)30-12-3-14-31-15-13-29-19-31)16-23(26)7-4-22-5-9-25(28)10-6-22;1-20(27-11-3-4-22-18-29-30-19-22)23-8-9-25(31-12-14-33-15-13-31)24(16-23)7-5-21-6-10-26(32-2)28-17-21/h3-4,6-9,12,14,26-27H,1,10-11,13,15-25,35H2,(H,37,41);3-4,6-7,9-12,15-16,19,22-23,29-30,36H,13-14,17-18,20-21H2,1-2H3;5-6,8-11,13,15-16,19-21H,3,12,14,17-18H2,1-2H3,(H,30,33);6,8-10,16-19,27H,1,3-4,11-15H2,2H3,(H,29,30)/t;22-,23+,29?,30-;20-,21+;/m.0../s1. The fraction of sp³-hybridized carbons (Fsp3) is 0.376. The van der Waals surface area contributed by atoms with E-state index in [1.807, 2.05) is 135 Å². The van der Waals surface area contributed by atoms with Crippen molar-refractivity contribution in [3.63, 3.8) is 0 Å². The van der Waals surface area contributed by atoms with E-state index in [-0.39, 0.29) is 65.6 Å². The average Bonchev–Trinajstić information content (AvgIpc) is 1.24. The molecule has 1 unspecified atom stereocenters. The summed E-state index contributed by atoms with van der Waals surface area (Å²) >= 11 is 0. The number of hydrogen-bond donors (Lipinski definition) is 6. The van der Waals surface area contributed by atoms with Crippen molar-refractivity contribution < 1.29 is 65.8 Å². The Bertz CT molecular complexity index is 6440. The number of imidazole rings is 2. The maximum Gasteiger partial charge on any atom is 0.253 e. The van der Waals surface area contributed by atoms with Crippen LogP contribution in [0.1, 0.15) is 153 Å². The van der Waals surface area contributed by atoms with Gasteiger partial charge in [0.1, 0.15) is 17.5 Å². The van der Waals surface area contributed by atoms with Gasteiger partial charge in [-0.05, 0) is 235 Å². The Kier molecular flexibility index (Phi) is 42.9. The van der Waals surface area contributed by atoms with Crippen LogP contribution in [0.25, 0.3) is 5.70 Å². The summed E-state index contributed by atoms with van der Waals surface area (Å²) in [5.41, 5.74) is 20.4. The number of hydrogen-bond acceptors (Lipinski definition) is 22. The first-order valence-corrected chi connectivity index (χ1v) is 51.1. The third kappa shape index (κ3) is 34.9. The SMILES string of the molecule is C=C(NCCCc1cn[nH]c1)c1ccc(N2CCOCC2)c(C#Cc2ccc(OC)nc2)c1.C[C@@H]1CN(c2ccc(C(=O)N3CCC(n4cccc4)[C@@H](O)CC3)cc2C#Cc2ccc(F)cc2)C[C@H](C)O1.C[C@@H]1CN(c2ccc(C(=O)NCCCn3ccnc3)cc2C#Cc2ccc(F)cc2)C[C@H](C)O1.NCCOCCOCCOCCN1CCN(c2ccc(C(=O)NCCCn3ccnc3)cc2C#Cc2ccc(F)cc2)CC1. The molecule has 0 bridgehead atoms. The highest BCUT2D eigenvalue weighted by Crippen LogP contribution is 2.33. The number of nitrogens with two attached hydrogens (primary N) is 1. The van der Waals surface area contributed by atoms with Crippen LogP contribution >= 0.6 is 0 Å². The molecule has 12 aromatic rings. The lowest BCUT2D eigenvalue weighted by Gasteiger charge is -2.37. The topological polar surface area (TPSA) is 300 Å². The van der Waals surface area contributed by atoms with E-state index in [2.05, 4.69) is 165 Å². The number of amides is 3. The number of aliphatic hydroxyl groups is 1. The molecule has 5 fully saturated rings. The highest BCUT2D eigenvalue weighted by atomic mass is 19.1. The predicted molar refractivity (Wildman–Crippen MR) is 574 cm³/mol. The number of carbonyl (C=O) groups is 3. The van der Waals surface area contributed by atoms with Gasteiger partial charge in [-0.25, -0.2) is 28.1 Å². The van der Waals surface area contributed by atoms with Crippen molar-refractivity contribution >= 4 is 46.2 Å². The van der Waals surface area contributed by atoms with Gasteiger partial charge in [-0.15, -0.1) is 0 Å². The quantitative estimate of drug-likeness (QED) is 0.0161. The molecule has 7 N–H and O–H groups in total. The molecule has 0 saturated carbocycles. The van der Waals surface area contributed by atoms with Crippen molar-refractivity contribution in [2.24, 2.45) is 5.73 Å². The summed E-state index contributed by atoms with van der Waals surface area (Å²) in [6.45, 7) is 31.4. The number of benzene rings is 7. The van der Waals surface area contributed by atoms with E-state index in [1.165, 1.54) is 42.0 Å². The number of aliphatic hydroxyl groups excluding tert-OH is 1. The number of halogens is 3. The van der Waals surface area contributed by atoms with Gasteiger partial charge < -0.3 is 98.1 Å². The Labute approximate surface area is 872 Å².